The maximum Gasteiger partial charge on any atom is -0.0136 e. The summed E-state index contributed by atoms with van der Waals surface area (Å²) in [7, 11) is 0. The zero-order valence-electron chi connectivity index (χ0n) is 13.6. The number of rotatable bonds is 0. The Kier molecular flexibility index (Phi) is 4.11. The smallest absolute Gasteiger partial charge is 0.0136 e. The van der Waals surface area contributed by atoms with E-state index in [4.69, 9.17) is 0 Å². The van der Waals surface area contributed by atoms with Crippen molar-refractivity contribution in [2.75, 3.05) is 0 Å². The van der Waals surface area contributed by atoms with Crippen LogP contribution in [0.4, 0.5) is 0 Å². The molecule has 0 saturated heterocycles. The number of hydrogen-bond acceptors (Lipinski definition) is 0. The van der Waals surface area contributed by atoms with Crippen LogP contribution < -0.4 is 0 Å². The standard InChI is InChI=1S/C18H26.C2H6/c1-18-11-4-7-17(18)16-9-8-13-5-2-3-6-14(13)15(16)10-12-18;1-2/h2-3,5-6,13-17H,4,7-12H2,1H3;1-2H3. The van der Waals surface area contributed by atoms with Crippen molar-refractivity contribution in [2.24, 2.45) is 35.0 Å². The molecule has 3 saturated carbocycles. The molecular formula is C20H32. The first-order chi connectivity index (χ1) is 9.78. The average molecular weight is 272 g/mol. The van der Waals surface area contributed by atoms with E-state index in [1.807, 2.05) is 13.8 Å². The zero-order valence-corrected chi connectivity index (χ0v) is 13.6. The van der Waals surface area contributed by atoms with Gasteiger partial charge < -0.3 is 0 Å². The predicted molar refractivity (Wildman–Crippen MR) is 87.5 cm³/mol. The molecule has 0 N–H and O–H groups in total. The molecule has 0 radical (unpaired) electrons. The van der Waals surface area contributed by atoms with Gasteiger partial charge >= 0.3 is 0 Å². The van der Waals surface area contributed by atoms with E-state index in [2.05, 4.69) is 31.2 Å². The molecule has 0 aliphatic heterocycles. The topological polar surface area (TPSA) is 0 Å². The van der Waals surface area contributed by atoms with E-state index in [1.165, 1.54) is 44.9 Å². The van der Waals surface area contributed by atoms with E-state index in [-0.39, 0.29) is 0 Å². The lowest BCUT2D eigenvalue weighted by molar-refractivity contribution is -0.0155. The molecule has 0 aromatic rings. The van der Waals surface area contributed by atoms with E-state index in [1.54, 1.807) is 0 Å². The van der Waals surface area contributed by atoms with Crippen molar-refractivity contribution in [3.63, 3.8) is 0 Å². The van der Waals surface area contributed by atoms with Gasteiger partial charge in [0.05, 0.1) is 0 Å². The van der Waals surface area contributed by atoms with Crippen LogP contribution in [0.15, 0.2) is 24.3 Å². The number of fused-ring (bicyclic) bond motifs is 5. The largest absolute Gasteiger partial charge is 0.0808 e. The highest BCUT2D eigenvalue weighted by molar-refractivity contribution is 5.18. The molecule has 0 heteroatoms. The van der Waals surface area contributed by atoms with Crippen molar-refractivity contribution < 1.29 is 0 Å². The van der Waals surface area contributed by atoms with Crippen LogP contribution in [0, 0.1) is 35.0 Å². The minimum Gasteiger partial charge on any atom is -0.0808 e. The first kappa shape index (κ1) is 14.4. The summed E-state index contributed by atoms with van der Waals surface area (Å²) < 4.78 is 0. The minimum absolute atomic E-state index is 0.724. The second-order valence-electron chi connectivity index (χ2n) is 7.61. The summed E-state index contributed by atoms with van der Waals surface area (Å²) in [4.78, 5) is 0. The van der Waals surface area contributed by atoms with Gasteiger partial charge in [-0.3, -0.25) is 0 Å². The lowest BCUT2D eigenvalue weighted by Crippen LogP contribution is -2.45. The molecule has 0 nitrogen and oxygen atoms in total. The van der Waals surface area contributed by atoms with Gasteiger partial charge in [0, 0.05) is 0 Å². The lowest BCUT2D eigenvalue weighted by atomic mass is 9.52. The Hall–Kier alpha value is -0.520. The van der Waals surface area contributed by atoms with Crippen LogP contribution in [0.1, 0.15) is 65.7 Å². The fourth-order valence-corrected chi connectivity index (χ4v) is 6.01. The van der Waals surface area contributed by atoms with Crippen molar-refractivity contribution >= 4 is 0 Å². The molecule has 0 heterocycles. The molecule has 6 unspecified atom stereocenters. The third kappa shape index (κ3) is 2.20. The highest BCUT2D eigenvalue weighted by atomic mass is 14.6. The molecule has 0 aromatic carbocycles. The Morgan fingerprint density at radius 2 is 1.65 bits per heavy atom. The van der Waals surface area contributed by atoms with Gasteiger partial charge in [-0.1, -0.05) is 51.5 Å². The highest BCUT2D eigenvalue weighted by Crippen LogP contribution is 2.61. The molecule has 6 atom stereocenters. The van der Waals surface area contributed by atoms with Crippen LogP contribution in [0.25, 0.3) is 0 Å². The first-order valence-corrected chi connectivity index (χ1v) is 9.13. The first-order valence-electron chi connectivity index (χ1n) is 9.13. The third-order valence-corrected chi connectivity index (χ3v) is 6.90. The molecular weight excluding hydrogens is 240 g/mol. The second kappa shape index (κ2) is 5.70. The Morgan fingerprint density at radius 3 is 2.50 bits per heavy atom. The molecule has 0 aromatic heterocycles. The normalized spacial score (nSPS) is 48.6. The Bertz CT molecular complexity index is 391. The van der Waals surface area contributed by atoms with E-state index in [0.717, 1.165) is 35.0 Å². The predicted octanol–water partition coefficient (Wildman–Crippen LogP) is 6.00. The van der Waals surface area contributed by atoms with Crippen molar-refractivity contribution in [2.45, 2.75) is 65.7 Å². The van der Waals surface area contributed by atoms with Gasteiger partial charge in [0.2, 0.25) is 0 Å². The monoisotopic (exact) mass is 272 g/mol. The summed E-state index contributed by atoms with van der Waals surface area (Å²) in [6.45, 7) is 6.60. The van der Waals surface area contributed by atoms with Gasteiger partial charge in [-0.05, 0) is 73.5 Å². The van der Waals surface area contributed by atoms with Gasteiger partial charge in [0.1, 0.15) is 0 Å². The molecule has 0 amide bonds. The summed E-state index contributed by atoms with van der Waals surface area (Å²) in [5.74, 6) is 4.90. The van der Waals surface area contributed by atoms with Gasteiger partial charge in [-0.25, -0.2) is 0 Å². The third-order valence-electron chi connectivity index (χ3n) is 6.90. The molecule has 0 bridgehead atoms. The molecule has 0 spiro atoms. The second-order valence-corrected chi connectivity index (χ2v) is 7.61. The quantitative estimate of drug-likeness (QED) is 0.507. The SMILES string of the molecule is CC.CC12CCCC1C1CCC3C=CC=CC3C1CC2. The maximum atomic E-state index is 2.60. The van der Waals surface area contributed by atoms with Gasteiger partial charge in [-0.15, -0.1) is 0 Å². The van der Waals surface area contributed by atoms with Crippen molar-refractivity contribution in [1.82, 2.24) is 0 Å². The Labute approximate surface area is 125 Å². The minimum atomic E-state index is 0.724. The van der Waals surface area contributed by atoms with Crippen LogP contribution in [-0.2, 0) is 0 Å². The Balaban J connectivity index is 0.000000581. The molecule has 112 valence electrons. The number of allylic oxidation sites excluding steroid dienone is 4. The van der Waals surface area contributed by atoms with Gasteiger partial charge in [0.15, 0.2) is 0 Å². The lowest BCUT2D eigenvalue weighted by Gasteiger charge is -2.53. The van der Waals surface area contributed by atoms with Gasteiger partial charge in [-0.2, -0.15) is 0 Å². The molecule has 4 aliphatic carbocycles. The highest BCUT2D eigenvalue weighted by Gasteiger charge is 2.52. The van der Waals surface area contributed by atoms with Crippen LogP contribution >= 0.6 is 0 Å². The summed E-state index contributed by atoms with van der Waals surface area (Å²) in [6.07, 6.45) is 20.2. The molecule has 4 aliphatic rings. The van der Waals surface area contributed by atoms with E-state index in [9.17, 15) is 0 Å². The molecule has 20 heavy (non-hydrogen) atoms. The summed E-state index contributed by atoms with van der Waals surface area (Å²) in [5.41, 5.74) is 0.724. The van der Waals surface area contributed by atoms with E-state index < -0.39 is 0 Å². The van der Waals surface area contributed by atoms with Crippen molar-refractivity contribution in [1.29, 1.82) is 0 Å². The van der Waals surface area contributed by atoms with Crippen molar-refractivity contribution in [3.05, 3.63) is 24.3 Å². The van der Waals surface area contributed by atoms with E-state index in [0.29, 0.717) is 0 Å². The number of hydrogen-bond donors (Lipinski definition) is 0. The summed E-state index contributed by atoms with van der Waals surface area (Å²) in [6, 6.07) is 0. The van der Waals surface area contributed by atoms with Crippen LogP contribution in [0.2, 0.25) is 0 Å². The maximum absolute atomic E-state index is 2.60. The summed E-state index contributed by atoms with van der Waals surface area (Å²) >= 11 is 0. The zero-order chi connectivity index (χ0) is 14.2. The summed E-state index contributed by atoms with van der Waals surface area (Å²) in [5, 5.41) is 0. The van der Waals surface area contributed by atoms with Crippen LogP contribution in [-0.4, -0.2) is 0 Å². The molecule has 4 rings (SSSR count). The van der Waals surface area contributed by atoms with Crippen molar-refractivity contribution in [3.8, 4) is 0 Å². The van der Waals surface area contributed by atoms with Crippen LogP contribution in [0.3, 0.4) is 0 Å². The van der Waals surface area contributed by atoms with E-state index >= 15 is 0 Å². The fraction of sp³-hybridized carbons (Fsp3) is 0.800. The molecule has 3 fully saturated rings. The Morgan fingerprint density at radius 1 is 0.850 bits per heavy atom. The fourth-order valence-electron chi connectivity index (χ4n) is 6.01. The van der Waals surface area contributed by atoms with Crippen LogP contribution in [0.5, 0.6) is 0 Å². The average Bonchev–Trinajstić information content (AvgIpc) is 2.91. The van der Waals surface area contributed by atoms with Gasteiger partial charge in [0.25, 0.3) is 0 Å².